The summed E-state index contributed by atoms with van der Waals surface area (Å²) >= 11 is 5.36. The number of halogens is 2. The van der Waals surface area contributed by atoms with E-state index in [1.54, 1.807) is 0 Å². The summed E-state index contributed by atoms with van der Waals surface area (Å²) in [5.74, 6) is -3.04. The molecule has 4 N–H and O–H groups in total. The minimum absolute atomic E-state index is 0.0198. The number of aromatic hydroxyl groups is 1. The van der Waals surface area contributed by atoms with Gasteiger partial charge in [-0.15, -0.1) is 11.6 Å². The maximum atomic E-state index is 13.1. The highest BCUT2D eigenvalue weighted by Crippen LogP contribution is 2.25. The maximum Gasteiger partial charge on any atom is 0.337 e. The van der Waals surface area contributed by atoms with Crippen LogP contribution in [0, 0.1) is 5.82 Å². The first-order chi connectivity index (χ1) is 7.95. The van der Waals surface area contributed by atoms with Gasteiger partial charge in [-0.05, 0) is 6.07 Å². The third-order valence-electron chi connectivity index (χ3n) is 2.02. The quantitative estimate of drug-likeness (QED) is 0.474. The number of hydrogen-bond donors (Lipinski definition) is 4. The van der Waals surface area contributed by atoms with E-state index in [2.05, 4.69) is 5.32 Å². The fraction of sp³-hybridized carbons (Fsp3) is 0.300. The molecule has 0 aliphatic carbocycles. The summed E-state index contributed by atoms with van der Waals surface area (Å²) in [4.78, 5) is 10.8. The first kappa shape index (κ1) is 13.5. The summed E-state index contributed by atoms with van der Waals surface area (Å²) in [5, 5.41) is 29.6. The van der Waals surface area contributed by atoms with E-state index >= 15 is 0 Å². The van der Waals surface area contributed by atoms with Crippen LogP contribution in [0.15, 0.2) is 12.1 Å². The van der Waals surface area contributed by atoms with Crippen molar-refractivity contribution in [2.75, 3.05) is 17.7 Å². The van der Waals surface area contributed by atoms with Crippen molar-refractivity contribution in [3.8, 4) is 5.75 Å². The SMILES string of the molecule is O=C(O)c1cc(O)c(F)cc1NCC(O)CCl. The number of carboxylic acid groups (broad SMARTS) is 1. The molecular formula is C10H11ClFNO4. The van der Waals surface area contributed by atoms with Gasteiger partial charge < -0.3 is 20.6 Å². The second-order valence-electron chi connectivity index (χ2n) is 3.34. The van der Waals surface area contributed by atoms with Gasteiger partial charge in [0, 0.05) is 12.6 Å². The molecule has 0 heterocycles. The van der Waals surface area contributed by atoms with E-state index < -0.39 is 23.6 Å². The van der Waals surface area contributed by atoms with Crippen LogP contribution in [-0.4, -0.2) is 39.8 Å². The van der Waals surface area contributed by atoms with Crippen LogP contribution in [0.2, 0.25) is 0 Å². The van der Waals surface area contributed by atoms with Crippen LogP contribution in [0.4, 0.5) is 10.1 Å². The normalized spacial score (nSPS) is 12.2. The number of phenolic OH excluding ortho intramolecular Hbond substituents is 1. The Labute approximate surface area is 101 Å². The van der Waals surface area contributed by atoms with Crippen LogP contribution in [0.5, 0.6) is 5.75 Å². The molecule has 0 fully saturated rings. The summed E-state index contributed by atoms with van der Waals surface area (Å²) < 4.78 is 13.1. The van der Waals surface area contributed by atoms with Gasteiger partial charge in [0.1, 0.15) is 0 Å². The standard InChI is InChI=1S/C10H11ClFNO4/c11-3-5(14)4-13-8-2-7(12)9(15)1-6(8)10(16)17/h1-2,5,13-15H,3-4H2,(H,16,17). The number of benzene rings is 1. The summed E-state index contributed by atoms with van der Waals surface area (Å²) in [5.41, 5.74) is -0.317. The number of carboxylic acids is 1. The number of aliphatic hydroxyl groups excluding tert-OH is 1. The number of anilines is 1. The Hall–Kier alpha value is -1.53. The highest BCUT2D eigenvalue weighted by Gasteiger charge is 2.15. The van der Waals surface area contributed by atoms with Gasteiger partial charge in [0.15, 0.2) is 11.6 Å². The molecule has 0 radical (unpaired) electrons. The molecule has 94 valence electrons. The fourth-order valence-electron chi connectivity index (χ4n) is 1.17. The zero-order valence-electron chi connectivity index (χ0n) is 8.65. The summed E-state index contributed by atoms with van der Waals surface area (Å²) in [6.45, 7) is -0.0198. The van der Waals surface area contributed by atoms with Crippen LogP contribution >= 0.6 is 11.6 Å². The van der Waals surface area contributed by atoms with Gasteiger partial charge in [0.25, 0.3) is 0 Å². The minimum Gasteiger partial charge on any atom is -0.505 e. The lowest BCUT2D eigenvalue weighted by atomic mass is 10.1. The molecule has 1 aromatic carbocycles. The van der Waals surface area contributed by atoms with E-state index in [0.717, 1.165) is 12.1 Å². The largest absolute Gasteiger partial charge is 0.505 e. The third-order valence-corrected chi connectivity index (χ3v) is 2.38. The first-order valence-corrected chi connectivity index (χ1v) is 5.23. The lowest BCUT2D eigenvalue weighted by molar-refractivity contribution is 0.0697. The molecule has 0 aliphatic rings. The van der Waals surface area contributed by atoms with Crippen molar-refractivity contribution in [3.05, 3.63) is 23.5 Å². The second-order valence-corrected chi connectivity index (χ2v) is 3.65. The van der Waals surface area contributed by atoms with E-state index in [4.69, 9.17) is 21.8 Å². The average molecular weight is 264 g/mol. The highest BCUT2D eigenvalue weighted by molar-refractivity contribution is 6.18. The van der Waals surface area contributed by atoms with Crippen molar-refractivity contribution in [2.45, 2.75) is 6.10 Å². The number of alkyl halides is 1. The van der Waals surface area contributed by atoms with Gasteiger partial charge in [-0.1, -0.05) is 0 Å². The summed E-state index contributed by atoms with van der Waals surface area (Å²) in [6, 6.07) is 1.65. The number of aliphatic hydroxyl groups is 1. The first-order valence-electron chi connectivity index (χ1n) is 4.69. The Morgan fingerprint density at radius 2 is 2.18 bits per heavy atom. The predicted octanol–water partition coefficient (Wildman–Crippen LogP) is 1.24. The number of rotatable bonds is 5. The van der Waals surface area contributed by atoms with E-state index in [-0.39, 0.29) is 23.7 Å². The highest BCUT2D eigenvalue weighted by atomic mass is 35.5. The van der Waals surface area contributed by atoms with E-state index in [1.807, 2.05) is 0 Å². The monoisotopic (exact) mass is 263 g/mol. The molecule has 1 atom stereocenters. The van der Waals surface area contributed by atoms with Crippen LogP contribution in [-0.2, 0) is 0 Å². The molecule has 0 aliphatic heterocycles. The Kier molecular flexibility index (Phi) is 4.53. The fourth-order valence-corrected chi connectivity index (χ4v) is 1.28. The van der Waals surface area contributed by atoms with Crippen molar-refractivity contribution in [2.24, 2.45) is 0 Å². The number of nitrogens with one attached hydrogen (secondary N) is 1. The third kappa shape index (κ3) is 3.47. The molecular weight excluding hydrogens is 253 g/mol. The lowest BCUT2D eigenvalue weighted by Crippen LogP contribution is -2.22. The van der Waals surface area contributed by atoms with Crippen molar-refractivity contribution in [3.63, 3.8) is 0 Å². The number of carbonyl (C=O) groups is 1. The molecule has 1 aromatic rings. The average Bonchev–Trinajstić information content (AvgIpc) is 2.29. The van der Waals surface area contributed by atoms with Crippen LogP contribution in [0.3, 0.4) is 0 Å². The molecule has 0 aromatic heterocycles. The van der Waals surface area contributed by atoms with Gasteiger partial charge in [-0.25, -0.2) is 9.18 Å². The molecule has 0 bridgehead atoms. The van der Waals surface area contributed by atoms with Gasteiger partial charge in [0.05, 0.1) is 23.2 Å². The molecule has 0 amide bonds. The van der Waals surface area contributed by atoms with Crippen LogP contribution < -0.4 is 5.32 Å². The summed E-state index contributed by atoms with van der Waals surface area (Å²) in [6.07, 6.45) is -0.879. The zero-order chi connectivity index (χ0) is 13.0. The molecule has 1 rings (SSSR count). The van der Waals surface area contributed by atoms with E-state index in [9.17, 15) is 14.3 Å². The van der Waals surface area contributed by atoms with Crippen LogP contribution in [0.1, 0.15) is 10.4 Å². The topological polar surface area (TPSA) is 89.8 Å². The Bertz CT molecular complexity index is 427. The molecule has 0 saturated carbocycles. The Morgan fingerprint density at radius 3 is 2.71 bits per heavy atom. The lowest BCUT2D eigenvalue weighted by Gasteiger charge is -2.12. The van der Waals surface area contributed by atoms with Gasteiger partial charge >= 0.3 is 5.97 Å². The number of hydrogen-bond acceptors (Lipinski definition) is 4. The van der Waals surface area contributed by atoms with Crippen molar-refractivity contribution >= 4 is 23.3 Å². The van der Waals surface area contributed by atoms with Crippen molar-refractivity contribution in [1.82, 2.24) is 0 Å². The maximum absolute atomic E-state index is 13.1. The number of aromatic carboxylic acids is 1. The van der Waals surface area contributed by atoms with Gasteiger partial charge in [-0.3, -0.25) is 0 Å². The minimum atomic E-state index is -1.32. The molecule has 5 nitrogen and oxygen atoms in total. The van der Waals surface area contributed by atoms with Crippen LogP contribution in [0.25, 0.3) is 0 Å². The van der Waals surface area contributed by atoms with Gasteiger partial charge in [-0.2, -0.15) is 0 Å². The Balaban J connectivity index is 2.96. The van der Waals surface area contributed by atoms with Crippen molar-refractivity contribution < 1.29 is 24.5 Å². The molecule has 0 spiro atoms. The van der Waals surface area contributed by atoms with Gasteiger partial charge in [0.2, 0.25) is 0 Å². The van der Waals surface area contributed by atoms with Crippen molar-refractivity contribution in [1.29, 1.82) is 0 Å². The summed E-state index contributed by atoms with van der Waals surface area (Å²) in [7, 11) is 0. The molecule has 7 heteroatoms. The predicted molar refractivity (Wildman–Crippen MR) is 60.2 cm³/mol. The Morgan fingerprint density at radius 1 is 1.53 bits per heavy atom. The van der Waals surface area contributed by atoms with E-state index in [0.29, 0.717) is 0 Å². The smallest absolute Gasteiger partial charge is 0.337 e. The zero-order valence-corrected chi connectivity index (χ0v) is 9.41. The molecule has 0 saturated heterocycles. The molecule has 1 unspecified atom stereocenters. The second kappa shape index (κ2) is 5.70. The molecule has 17 heavy (non-hydrogen) atoms. The van der Waals surface area contributed by atoms with E-state index in [1.165, 1.54) is 0 Å². The number of phenols is 1.